The summed E-state index contributed by atoms with van der Waals surface area (Å²) < 4.78 is 33.1. The van der Waals surface area contributed by atoms with Gasteiger partial charge in [0.1, 0.15) is 5.75 Å². The highest BCUT2D eigenvalue weighted by molar-refractivity contribution is 7.89. The van der Waals surface area contributed by atoms with Crippen LogP contribution in [-0.4, -0.2) is 69.4 Å². The van der Waals surface area contributed by atoms with Crippen molar-refractivity contribution in [2.24, 2.45) is 5.92 Å². The smallest absolute Gasteiger partial charge is 0.243 e. The summed E-state index contributed by atoms with van der Waals surface area (Å²) in [6, 6.07) is 10.9. The molecule has 0 bridgehead atoms. The lowest BCUT2D eigenvalue weighted by Gasteiger charge is -2.39. The van der Waals surface area contributed by atoms with Gasteiger partial charge in [-0.3, -0.25) is 4.79 Å². The average Bonchev–Trinajstić information content (AvgIpc) is 2.87. The van der Waals surface area contributed by atoms with Crippen LogP contribution >= 0.6 is 11.6 Å². The lowest BCUT2D eigenvalue weighted by Crippen LogP contribution is -2.52. The van der Waals surface area contributed by atoms with E-state index in [9.17, 15) is 13.2 Å². The fourth-order valence-corrected chi connectivity index (χ4v) is 6.71. The first-order valence-electron chi connectivity index (χ1n) is 12.2. The molecule has 0 atom stereocenters. The molecule has 35 heavy (non-hydrogen) atoms. The summed E-state index contributed by atoms with van der Waals surface area (Å²) in [5, 5.41) is 0.276. The Kier molecular flexibility index (Phi) is 7.93. The van der Waals surface area contributed by atoms with Crippen molar-refractivity contribution in [2.45, 2.75) is 38.5 Å². The minimum atomic E-state index is -3.67. The van der Waals surface area contributed by atoms with Crippen LogP contribution in [-0.2, 0) is 14.8 Å². The second-order valence-corrected chi connectivity index (χ2v) is 11.6. The zero-order chi connectivity index (χ0) is 25.2. The Balaban J connectivity index is 1.33. The molecular weight excluding hydrogens is 486 g/mol. The maximum absolute atomic E-state index is 13.2. The second kappa shape index (κ2) is 10.8. The number of hydrogen-bond acceptors (Lipinski definition) is 5. The van der Waals surface area contributed by atoms with Crippen molar-refractivity contribution in [1.29, 1.82) is 0 Å². The first-order chi connectivity index (χ1) is 16.7. The summed E-state index contributed by atoms with van der Waals surface area (Å²) in [6.45, 7) is 10.2. The summed E-state index contributed by atoms with van der Waals surface area (Å²) >= 11 is 6.21. The number of sulfonamides is 1. The molecule has 0 N–H and O–H groups in total. The fourth-order valence-electron chi connectivity index (χ4n) is 4.91. The molecule has 0 spiro atoms. The van der Waals surface area contributed by atoms with E-state index in [-0.39, 0.29) is 21.7 Å². The molecule has 0 radical (unpaired) electrons. The number of piperazine rings is 1. The van der Waals surface area contributed by atoms with Gasteiger partial charge in [0.2, 0.25) is 15.9 Å². The molecule has 7 nitrogen and oxygen atoms in total. The van der Waals surface area contributed by atoms with Crippen molar-refractivity contribution in [3.8, 4) is 5.75 Å². The Hall–Kier alpha value is -2.29. The summed E-state index contributed by atoms with van der Waals surface area (Å²) in [5.41, 5.74) is 3.80. The van der Waals surface area contributed by atoms with E-state index in [1.807, 2.05) is 11.8 Å². The monoisotopic (exact) mass is 519 g/mol. The lowest BCUT2D eigenvalue weighted by atomic mass is 9.96. The van der Waals surface area contributed by atoms with Crippen LogP contribution in [0.4, 0.5) is 5.69 Å². The first kappa shape index (κ1) is 25.8. The zero-order valence-corrected chi connectivity index (χ0v) is 22.2. The van der Waals surface area contributed by atoms with Crippen LogP contribution in [0.3, 0.4) is 0 Å². The molecule has 9 heteroatoms. The maximum atomic E-state index is 13.2. The van der Waals surface area contributed by atoms with Crippen LogP contribution in [0.5, 0.6) is 5.75 Å². The van der Waals surface area contributed by atoms with Gasteiger partial charge >= 0.3 is 0 Å². The summed E-state index contributed by atoms with van der Waals surface area (Å²) in [7, 11) is -3.67. The molecular formula is C26H34ClN3O4S. The van der Waals surface area contributed by atoms with E-state index in [1.165, 1.54) is 33.3 Å². The standard InChI is InChI=1S/C26H34ClN3O4S/c1-4-34-25-9-8-22(18-23(25)27)35(32,33)30-12-10-21(11-13-30)26(31)29-16-14-28(15-17-29)24-7-5-6-19(2)20(24)3/h5-9,18,21H,4,10-17H2,1-3H3. The van der Waals surface area contributed by atoms with E-state index in [4.69, 9.17) is 16.3 Å². The third-order valence-electron chi connectivity index (χ3n) is 7.15. The quantitative estimate of drug-likeness (QED) is 0.574. The SMILES string of the molecule is CCOc1ccc(S(=O)(=O)N2CCC(C(=O)N3CCN(c4cccc(C)c4C)CC3)CC2)cc1Cl. The lowest BCUT2D eigenvalue weighted by molar-refractivity contribution is -0.137. The van der Waals surface area contributed by atoms with Crippen molar-refractivity contribution in [3.63, 3.8) is 0 Å². The Morgan fingerprint density at radius 1 is 1.03 bits per heavy atom. The second-order valence-electron chi connectivity index (χ2n) is 9.23. The van der Waals surface area contributed by atoms with Crippen molar-refractivity contribution >= 4 is 33.2 Å². The number of nitrogens with zero attached hydrogens (tertiary/aromatic N) is 3. The highest BCUT2D eigenvalue weighted by Gasteiger charge is 2.35. The van der Waals surface area contributed by atoms with E-state index in [0.717, 1.165) is 13.1 Å². The van der Waals surface area contributed by atoms with Crippen molar-refractivity contribution in [3.05, 3.63) is 52.5 Å². The molecule has 0 unspecified atom stereocenters. The largest absolute Gasteiger partial charge is 0.492 e. The van der Waals surface area contributed by atoms with E-state index >= 15 is 0 Å². The molecule has 2 aliphatic heterocycles. The van der Waals surface area contributed by atoms with Crippen LogP contribution in [0.25, 0.3) is 0 Å². The van der Waals surface area contributed by atoms with Gasteiger partial charge in [0.05, 0.1) is 16.5 Å². The minimum Gasteiger partial charge on any atom is -0.492 e. The Labute approximate surface area is 213 Å². The van der Waals surface area contributed by atoms with Crippen LogP contribution in [0.1, 0.15) is 30.9 Å². The van der Waals surface area contributed by atoms with E-state index in [0.29, 0.717) is 51.4 Å². The number of benzene rings is 2. The average molecular weight is 520 g/mol. The zero-order valence-electron chi connectivity index (χ0n) is 20.7. The van der Waals surface area contributed by atoms with E-state index in [2.05, 4.69) is 36.9 Å². The predicted octanol–water partition coefficient (Wildman–Crippen LogP) is 4.11. The molecule has 2 fully saturated rings. The Bertz CT molecular complexity index is 1170. The number of anilines is 1. The van der Waals surface area contributed by atoms with Gasteiger partial charge in [-0.25, -0.2) is 8.42 Å². The van der Waals surface area contributed by atoms with E-state index in [1.54, 1.807) is 6.07 Å². The molecule has 2 aliphatic rings. The molecule has 2 saturated heterocycles. The molecule has 0 saturated carbocycles. The number of halogens is 1. The third kappa shape index (κ3) is 5.44. The predicted molar refractivity (Wildman–Crippen MR) is 139 cm³/mol. The number of aryl methyl sites for hydroxylation is 1. The summed E-state index contributed by atoms with van der Waals surface area (Å²) in [4.78, 5) is 17.6. The van der Waals surface area contributed by atoms with Crippen molar-refractivity contribution in [1.82, 2.24) is 9.21 Å². The molecule has 4 rings (SSSR count). The van der Waals surface area contributed by atoms with Crippen molar-refractivity contribution in [2.75, 3.05) is 50.8 Å². The van der Waals surface area contributed by atoms with Crippen LogP contribution in [0.2, 0.25) is 5.02 Å². The first-order valence-corrected chi connectivity index (χ1v) is 14.1. The van der Waals surface area contributed by atoms with Crippen LogP contribution < -0.4 is 9.64 Å². The normalized spacial score (nSPS) is 18.1. The van der Waals surface area contributed by atoms with Crippen molar-refractivity contribution < 1.29 is 17.9 Å². The number of piperidine rings is 1. The van der Waals surface area contributed by atoms with Crippen LogP contribution in [0, 0.1) is 19.8 Å². The molecule has 2 aromatic rings. The number of rotatable bonds is 6. The van der Waals surface area contributed by atoms with Gasteiger partial charge in [0, 0.05) is 50.9 Å². The molecule has 190 valence electrons. The molecule has 2 aromatic carbocycles. The highest BCUT2D eigenvalue weighted by atomic mass is 35.5. The van der Waals surface area contributed by atoms with Crippen LogP contribution in [0.15, 0.2) is 41.3 Å². The third-order valence-corrected chi connectivity index (χ3v) is 9.34. The number of amides is 1. The van der Waals surface area contributed by atoms with Gasteiger partial charge in [0.15, 0.2) is 0 Å². The summed E-state index contributed by atoms with van der Waals surface area (Å²) in [6.07, 6.45) is 1.06. The molecule has 2 heterocycles. The van der Waals surface area contributed by atoms with Gasteiger partial charge in [-0.1, -0.05) is 23.7 Å². The fraction of sp³-hybridized carbons (Fsp3) is 0.500. The van der Waals surface area contributed by atoms with Gasteiger partial charge in [0.25, 0.3) is 0 Å². The summed E-state index contributed by atoms with van der Waals surface area (Å²) in [5.74, 6) is 0.472. The van der Waals surface area contributed by atoms with Gasteiger partial charge in [-0.2, -0.15) is 4.31 Å². The van der Waals surface area contributed by atoms with Gasteiger partial charge < -0.3 is 14.5 Å². The number of hydrogen-bond donors (Lipinski definition) is 0. The molecule has 0 aromatic heterocycles. The maximum Gasteiger partial charge on any atom is 0.243 e. The highest BCUT2D eigenvalue weighted by Crippen LogP contribution is 2.31. The molecule has 0 aliphatic carbocycles. The Morgan fingerprint density at radius 3 is 2.34 bits per heavy atom. The number of carbonyl (C=O) groups is 1. The topological polar surface area (TPSA) is 70.2 Å². The molecule has 1 amide bonds. The Morgan fingerprint density at radius 2 is 1.71 bits per heavy atom. The minimum absolute atomic E-state index is 0.141. The number of ether oxygens (including phenoxy) is 1. The van der Waals surface area contributed by atoms with E-state index < -0.39 is 10.0 Å². The van der Waals surface area contributed by atoms with Gasteiger partial charge in [-0.05, 0) is 69.0 Å². The van der Waals surface area contributed by atoms with Gasteiger partial charge in [-0.15, -0.1) is 0 Å². The number of carbonyl (C=O) groups excluding carboxylic acids is 1.